The van der Waals surface area contributed by atoms with Gasteiger partial charge in [-0.2, -0.15) is 5.10 Å². The Morgan fingerprint density at radius 2 is 1.94 bits per heavy atom. The number of hydrogen-bond donors (Lipinski definition) is 2. The van der Waals surface area contributed by atoms with Crippen molar-refractivity contribution in [2.45, 2.75) is 0 Å². The molecule has 0 bridgehead atoms. The van der Waals surface area contributed by atoms with Crippen LogP contribution >= 0.6 is 11.3 Å². The summed E-state index contributed by atoms with van der Waals surface area (Å²) in [6.45, 7) is -0.00386. The molecular formula is C22H16FN5O3S. The van der Waals surface area contributed by atoms with Gasteiger partial charge in [0.25, 0.3) is 11.8 Å². The minimum absolute atomic E-state index is 0.00386. The van der Waals surface area contributed by atoms with Crippen LogP contribution in [0.3, 0.4) is 0 Å². The first-order valence-electron chi connectivity index (χ1n) is 9.60. The van der Waals surface area contributed by atoms with Crippen molar-refractivity contribution >= 4 is 34.0 Å². The first-order valence-corrected chi connectivity index (χ1v) is 10.5. The van der Waals surface area contributed by atoms with Crippen LogP contribution in [0.15, 0.2) is 53.9 Å². The van der Waals surface area contributed by atoms with Gasteiger partial charge in [-0.15, -0.1) is 11.3 Å². The number of amides is 2. The predicted molar refractivity (Wildman–Crippen MR) is 118 cm³/mol. The van der Waals surface area contributed by atoms with Crippen molar-refractivity contribution in [2.24, 2.45) is 7.05 Å². The molecule has 32 heavy (non-hydrogen) atoms. The van der Waals surface area contributed by atoms with E-state index in [4.69, 9.17) is 4.74 Å². The zero-order chi connectivity index (χ0) is 22.2. The molecule has 3 heterocycles. The van der Waals surface area contributed by atoms with Gasteiger partial charge in [0.15, 0.2) is 11.7 Å². The average molecular weight is 449 g/mol. The summed E-state index contributed by atoms with van der Waals surface area (Å²) >= 11 is 1.28. The number of hydrogen-bond acceptors (Lipinski definition) is 6. The monoisotopic (exact) mass is 449 g/mol. The second-order valence-corrected chi connectivity index (χ2v) is 7.94. The molecule has 0 saturated carbocycles. The Labute approximate surface area is 185 Å². The fourth-order valence-electron chi connectivity index (χ4n) is 3.31. The van der Waals surface area contributed by atoms with Crippen molar-refractivity contribution in [1.29, 1.82) is 0 Å². The number of nitrogens with zero attached hydrogens (tertiary/aromatic N) is 3. The third kappa shape index (κ3) is 3.83. The van der Waals surface area contributed by atoms with Gasteiger partial charge in [0.05, 0.1) is 17.1 Å². The maximum atomic E-state index is 13.2. The molecule has 0 spiro atoms. The molecule has 0 unspecified atom stereocenters. The van der Waals surface area contributed by atoms with Gasteiger partial charge in [-0.3, -0.25) is 19.6 Å². The lowest BCUT2D eigenvalue weighted by Gasteiger charge is -2.18. The lowest BCUT2D eigenvalue weighted by Crippen LogP contribution is -2.25. The van der Waals surface area contributed by atoms with Gasteiger partial charge in [0, 0.05) is 23.6 Å². The van der Waals surface area contributed by atoms with E-state index in [0.717, 1.165) is 5.56 Å². The lowest BCUT2D eigenvalue weighted by molar-refractivity contribution is -0.118. The summed E-state index contributed by atoms with van der Waals surface area (Å²) in [5.41, 5.74) is 3.64. The first-order chi connectivity index (χ1) is 15.5. The van der Waals surface area contributed by atoms with Crippen LogP contribution in [0.5, 0.6) is 5.75 Å². The number of aromatic nitrogens is 3. The van der Waals surface area contributed by atoms with E-state index in [-0.39, 0.29) is 24.2 Å². The molecule has 0 fully saturated rings. The van der Waals surface area contributed by atoms with Crippen molar-refractivity contribution in [2.75, 3.05) is 17.2 Å². The maximum absolute atomic E-state index is 13.2. The van der Waals surface area contributed by atoms with Gasteiger partial charge < -0.3 is 10.1 Å². The topological polar surface area (TPSA) is 98.1 Å². The molecule has 8 nitrogen and oxygen atoms in total. The Hall–Kier alpha value is -4.05. The van der Waals surface area contributed by atoms with E-state index in [1.54, 1.807) is 37.4 Å². The molecule has 0 atom stereocenters. The third-order valence-corrected chi connectivity index (χ3v) is 5.64. The highest BCUT2D eigenvalue weighted by molar-refractivity contribution is 7.14. The Morgan fingerprint density at radius 1 is 1.16 bits per heavy atom. The number of ether oxygens (including phenoxy) is 1. The van der Waals surface area contributed by atoms with Gasteiger partial charge in [-0.25, -0.2) is 9.37 Å². The minimum Gasteiger partial charge on any atom is -0.482 e. The standard InChI is InChI=1S/C22H16FN5O3S/c1-28-18(9-15(27-28)12-2-5-14(23)6-3-12)21(30)26-22-25-17(11-32-22)13-4-7-19-16(8-13)24-20(29)10-31-19/h2-9,11H,10H2,1H3,(H,24,29)(H,25,26,30). The van der Waals surface area contributed by atoms with E-state index >= 15 is 0 Å². The van der Waals surface area contributed by atoms with Crippen molar-refractivity contribution in [1.82, 2.24) is 14.8 Å². The number of thiazole rings is 1. The van der Waals surface area contributed by atoms with Crippen molar-refractivity contribution < 1.29 is 18.7 Å². The first kappa shape index (κ1) is 19.9. The van der Waals surface area contributed by atoms with Crippen molar-refractivity contribution in [3.05, 3.63) is 65.4 Å². The van der Waals surface area contributed by atoms with Gasteiger partial charge in [0.2, 0.25) is 0 Å². The third-order valence-electron chi connectivity index (χ3n) is 4.89. The van der Waals surface area contributed by atoms with Crippen LogP contribution in [0, 0.1) is 5.82 Å². The molecule has 10 heteroatoms. The van der Waals surface area contributed by atoms with Crippen LogP contribution in [0.25, 0.3) is 22.5 Å². The summed E-state index contributed by atoms with van der Waals surface area (Å²) in [5.74, 6) is -0.307. The smallest absolute Gasteiger partial charge is 0.275 e. The number of fused-ring (bicyclic) bond motifs is 1. The summed E-state index contributed by atoms with van der Waals surface area (Å²) in [6.07, 6.45) is 0. The average Bonchev–Trinajstić information content (AvgIpc) is 3.40. The van der Waals surface area contributed by atoms with E-state index in [1.807, 2.05) is 11.4 Å². The fraction of sp³-hybridized carbons (Fsp3) is 0.0909. The Bertz CT molecular complexity index is 1350. The second-order valence-electron chi connectivity index (χ2n) is 7.09. The van der Waals surface area contributed by atoms with Crippen molar-refractivity contribution in [3.63, 3.8) is 0 Å². The molecule has 0 aliphatic carbocycles. The van der Waals surface area contributed by atoms with Crippen LogP contribution in [-0.2, 0) is 11.8 Å². The molecule has 0 radical (unpaired) electrons. The number of carbonyl (C=O) groups excluding carboxylic acids is 2. The molecule has 0 saturated heterocycles. The van der Waals surface area contributed by atoms with Crippen LogP contribution < -0.4 is 15.4 Å². The molecular weight excluding hydrogens is 433 g/mol. The Morgan fingerprint density at radius 3 is 2.75 bits per heavy atom. The summed E-state index contributed by atoms with van der Waals surface area (Å²) in [4.78, 5) is 28.8. The highest BCUT2D eigenvalue weighted by Crippen LogP contribution is 2.34. The number of nitrogens with one attached hydrogen (secondary N) is 2. The van der Waals surface area contributed by atoms with Gasteiger partial charge in [-0.05, 0) is 48.5 Å². The molecule has 4 aromatic rings. The zero-order valence-corrected chi connectivity index (χ0v) is 17.6. The molecule has 1 aliphatic heterocycles. The zero-order valence-electron chi connectivity index (χ0n) is 16.8. The number of halogens is 1. The minimum atomic E-state index is -0.361. The number of aryl methyl sites for hydroxylation is 1. The quantitative estimate of drug-likeness (QED) is 0.492. The maximum Gasteiger partial charge on any atom is 0.275 e. The van der Waals surface area contributed by atoms with Gasteiger partial charge >= 0.3 is 0 Å². The molecule has 2 amide bonds. The van der Waals surface area contributed by atoms with Crippen LogP contribution in [0.2, 0.25) is 0 Å². The van der Waals surface area contributed by atoms with E-state index in [0.29, 0.717) is 39.2 Å². The Balaban J connectivity index is 1.34. The molecule has 1 aliphatic rings. The van der Waals surface area contributed by atoms with E-state index < -0.39 is 0 Å². The summed E-state index contributed by atoms with van der Waals surface area (Å²) in [6, 6.07) is 12.9. The van der Waals surface area contributed by atoms with Crippen LogP contribution in [0.1, 0.15) is 10.5 Å². The van der Waals surface area contributed by atoms with Gasteiger partial charge in [0.1, 0.15) is 17.3 Å². The summed E-state index contributed by atoms with van der Waals surface area (Å²) < 4.78 is 20.0. The van der Waals surface area contributed by atoms with Crippen LogP contribution in [-0.4, -0.2) is 33.2 Å². The molecule has 160 valence electrons. The molecule has 2 aromatic heterocycles. The molecule has 2 aromatic carbocycles. The number of carbonyl (C=O) groups is 2. The lowest BCUT2D eigenvalue weighted by atomic mass is 10.1. The normalized spacial score (nSPS) is 12.6. The Kier molecular flexibility index (Phi) is 4.91. The number of rotatable bonds is 4. The molecule has 2 N–H and O–H groups in total. The SMILES string of the molecule is Cn1nc(-c2ccc(F)cc2)cc1C(=O)Nc1nc(-c2ccc3c(c2)NC(=O)CO3)cs1. The fourth-order valence-corrected chi connectivity index (χ4v) is 4.02. The number of anilines is 2. The van der Waals surface area contributed by atoms with E-state index in [1.165, 1.54) is 28.2 Å². The second kappa shape index (κ2) is 7.89. The largest absolute Gasteiger partial charge is 0.482 e. The highest BCUT2D eigenvalue weighted by Gasteiger charge is 2.19. The highest BCUT2D eigenvalue weighted by atomic mass is 32.1. The van der Waals surface area contributed by atoms with Gasteiger partial charge in [-0.1, -0.05) is 0 Å². The molecule has 5 rings (SSSR count). The van der Waals surface area contributed by atoms with E-state index in [9.17, 15) is 14.0 Å². The van der Waals surface area contributed by atoms with Crippen LogP contribution in [0.4, 0.5) is 15.2 Å². The summed E-state index contributed by atoms with van der Waals surface area (Å²) in [5, 5.41) is 12.1. The van der Waals surface area contributed by atoms with Crippen molar-refractivity contribution in [3.8, 4) is 28.3 Å². The summed E-state index contributed by atoms with van der Waals surface area (Å²) in [7, 11) is 1.67. The predicted octanol–water partition coefficient (Wildman–Crippen LogP) is 3.93. The number of benzene rings is 2. The van der Waals surface area contributed by atoms with E-state index in [2.05, 4.69) is 20.7 Å².